The van der Waals surface area contributed by atoms with Crippen LogP contribution in [0.4, 0.5) is 0 Å². The maximum absolute atomic E-state index is 11.5. The van der Waals surface area contributed by atoms with Crippen molar-refractivity contribution in [3.63, 3.8) is 0 Å². The van der Waals surface area contributed by atoms with Crippen molar-refractivity contribution in [1.82, 2.24) is 0 Å². The SMILES string of the molecule is CCC(=O)c1ccc(OC[C@@H](O)C[NH2+][C@@H](CC)CO)cc1. The molecule has 0 heterocycles. The van der Waals surface area contributed by atoms with Gasteiger partial charge in [0.2, 0.25) is 0 Å². The quantitative estimate of drug-likeness (QED) is 0.544. The number of benzene rings is 1. The Kier molecular flexibility index (Phi) is 7.97. The van der Waals surface area contributed by atoms with Gasteiger partial charge in [0.25, 0.3) is 0 Å². The minimum atomic E-state index is -0.595. The molecule has 1 rings (SSSR count). The van der Waals surface area contributed by atoms with Crippen LogP contribution in [0.5, 0.6) is 5.75 Å². The van der Waals surface area contributed by atoms with Crippen molar-refractivity contribution < 1.29 is 25.1 Å². The summed E-state index contributed by atoms with van der Waals surface area (Å²) in [7, 11) is 0. The largest absolute Gasteiger partial charge is 0.491 e. The van der Waals surface area contributed by atoms with Crippen LogP contribution in [-0.4, -0.2) is 47.9 Å². The standard InChI is InChI=1S/C16H25NO4/c1-3-13(10-18)17-9-14(19)11-21-15-7-5-12(6-8-15)16(20)4-2/h5-8,13-14,17-19H,3-4,9-11H2,1-2H3/p+1/t13-,14-/m0/s1. The molecule has 5 nitrogen and oxygen atoms in total. The molecule has 0 spiro atoms. The Bertz CT molecular complexity index is 415. The molecule has 0 saturated heterocycles. The number of aliphatic hydroxyl groups excluding tert-OH is 2. The van der Waals surface area contributed by atoms with Crippen LogP contribution in [0.1, 0.15) is 37.0 Å². The first-order valence-corrected chi connectivity index (χ1v) is 7.49. The Balaban J connectivity index is 2.35. The van der Waals surface area contributed by atoms with E-state index in [1.165, 1.54) is 0 Å². The second kappa shape index (κ2) is 9.50. The fourth-order valence-electron chi connectivity index (χ4n) is 1.92. The molecule has 0 amide bonds. The summed E-state index contributed by atoms with van der Waals surface area (Å²) >= 11 is 0. The van der Waals surface area contributed by atoms with Gasteiger partial charge in [0.15, 0.2) is 5.78 Å². The van der Waals surface area contributed by atoms with E-state index < -0.39 is 6.10 Å². The van der Waals surface area contributed by atoms with Crippen molar-refractivity contribution in [2.24, 2.45) is 0 Å². The third-order valence-electron chi connectivity index (χ3n) is 3.44. The summed E-state index contributed by atoms with van der Waals surface area (Å²) in [6.45, 7) is 4.62. The maximum Gasteiger partial charge on any atom is 0.162 e. The van der Waals surface area contributed by atoms with Crippen LogP contribution < -0.4 is 10.1 Å². The molecule has 0 aliphatic carbocycles. The van der Waals surface area contributed by atoms with Gasteiger partial charge in [-0.25, -0.2) is 0 Å². The van der Waals surface area contributed by atoms with Crippen LogP contribution in [0.25, 0.3) is 0 Å². The molecule has 0 aromatic heterocycles. The lowest BCUT2D eigenvalue weighted by molar-refractivity contribution is -0.696. The van der Waals surface area contributed by atoms with Gasteiger partial charge in [-0.3, -0.25) is 4.79 Å². The number of carbonyl (C=O) groups excluding carboxylic acids is 1. The molecule has 4 N–H and O–H groups in total. The summed E-state index contributed by atoms with van der Waals surface area (Å²) in [5.74, 6) is 0.738. The van der Waals surface area contributed by atoms with Crippen molar-refractivity contribution in [2.75, 3.05) is 19.8 Å². The summed E-state index contributed by atoms with van der Waals surface area (Å²) in [5, 5.41) is 20.8. The van der Waals surface area contributed by atoms with E-state index in [4.69, 9.17) is 9.84 Å². The van der Waals surface area contributed by atoms with Gasteiger partial charge in [0.1, 0.15) is 31.0 Å². The average molecular weight is 296 g/mol. The van der Waals surface area contributed by atoms with Crippen molar-refractivity contribution in [2.45, 2.75) is 38.8 Å². The lowest BCUT2D eigenvalue weighted by Gasteiger charge is -2.15. The minimum absolute atomic E-state index is 0.103. The molecule has 0 radical (unpaired) electrons. The fourth-order valence-corrected chi connectivity index (χ4v) is 1.92. The van der Waals surface area contributed by atoms with Crippen LogP contribution in [-0.2, 0) is 0 Å². The number of nitrogens with two attached hydrogens (primary N) is 1. The predicted molar refractivity (Wildman–Crippen MR) is 80.5 cm³/mol. The summed E-state index contributed by atoms with van der Waals surface area (Å²) < 4.78 is 5.49. The van der Waals surface area contributed by atoms with Gasteiger partial charge < -0.3 is 20.3 Å². The Labute approximate surface area is 125 Å². The van der Waals surface area contributed by atoms with Crippen LogP contribution in [0.3, 0.4) is 0 Å². The number of quaternary nitrogens is 1. The second-order valence-corrected chi connectivity index (χ2v) is 5.09. The zero-order valence-corrected chi connectivity index (χ0v) is 12.8. The van der Waals surface area contributed by atoms with E-state index in [1.807, 2.05) is 19.2 Å². The smallest absolute Gasteiger partial charge is 0.162 e. The number of carbonyl (C=O) groups is 1. The van der Waals surface area contributed by atoms with Crippen LogP contribution in [0.2, 0.25) is 0 Å². The highest BCUT2D eigenvalue weighted by Crippen LogP contribution is 2.13. The lowest BCUT2D eigenvalue weighted by Crippen LogP contribution is -2.92. The van der Waals surface area contributed by atoms with Crippen LogP contribution >= 0.6 is 0 Å². The molecular formula is C16H26NO4+. The summed E-state index contributed by atoms with van der Waals surface area (Å²) in [6, 6.07) is 7.07. The number of ketones is 1. The van der Waals surface area contributed by atoms with Gasteiger partial charge >= 0.3 is 0 Å². The van der Waals surface area contributed by atoms with Crippen molar-refractivity contribution in [3.05, 3.63) is 29.8 Å². The number of Topliss-reactive ketones (excluding diaryl/α,β-unsaturated/α-hetero) is 1. The minimum Gasteiger partial charge on any atom is -0.491 e. The molecule has 0 fully saturated rings. The fraction of sp³-hybridized carbons (Fsp3) is 0.562. The number of hydrogen-bond acceptors (Lipinski definition) is 4. The second-order valence-electron chi connectivity index (χ2n) is 5.09. The van der Waals surface area contributed by atoms with Gasteiger partial charge in [0.05, 0.1) is 6.61 Å². The third kappa shape index (κ3) is 6.25. The van der Waals surface area contributed by atoms with Crippen molar-refractivity contribution in [1.29, 1.82) is 0 Å². The molecule has 2 atom stereocenters. The highest BCUT2D eigenvalue weighted by atomic mass is 16.5. The molecule has 0 saturated carbocycles. The van der Waals surface area contributed by atoms with Gasteiger partial charge in [-0.05, 0) is 30.7 Å². The molecular weight excluding hydrogens is 270 g/mol. The van der Waals surface area contributed by atoms with Crippen molar-refractivity contribution >= 4 is 5.78 Å². The molecule has 118 valence electrons. The Hall–Kier alpha value is -1.43. The zero-order valence-electron chi connectivity index (χ0n) is 12.8. The Morgan fingerprint density at radius 3 is 2.48 bits per heavy atom. The molecule has 1 aromatic carbocycles. The first-order chi connectivity index (χ1) is 10.1. The van der Waals surface area contributed by atoms with Crippen LogP contribution in [0.15, 0.2) is 24.3 Å². The first-order valence-electron chi connectivity index (χ1n) is 7.49. The van der Waals surface area contributed by atoms with E-state index in [-0.39, 0.29) is 25.0 Å². The highest BCUT2D eigenvalue weighted by Gasteiger charge is 2.12. The van der Waals surface area contributed by atoms with Gasteiger partial charge in [-0.15, -0.1) is 0 Å². The van der Waals surface area contributed by atoms with Gasteiger partial charge in [-0.1, -0.05) is 13.8 Å². The summed E-state index contributed by atoms with van der Waals surface area (Å²) in [5.41, 5.74) is 0.674. The monoisotopic (exact) mass is 296 g/mol. The molecule has 0 unspecified atom stereocenters. The van der Waals surface area contributed by atoms with Gasteiger partial charge in [-0.2, -0.15) is 0 Å². The molecule has 21 heavy (non-hydrogen) atoms. The molecule has 0 aliphatic rings. The van der Waals surface area contributed by atoms with E-state index in [1.54, 1.807) is 24.3 Å². The van der Waals surface area contributed by atoms with Gasteiger partial charge in [0, 0.05) is 12.0 Å². The average Bonchev–Trinajstić information content (AvgIpc) is 2.53. The number of aliphatic hydroxyl groups is 2. The van der Waals surface area contributed by atoms with E-state index in [2.05, 4.69) is 0 Å². The van der Waals surface area contributed by atoms with E-state index in [9.17, 15) is 9.90 Å². The van der Waals surface area contributed by atoms with E-state index in [0.717, 1.165) is 6.42 Å². The normalized spacial score (nSPS) is 13.7. The van der Waals surface area contributed by atoms with E-state index >= 15 is 0 Å². The summed E-state index contributed by atoms with van der Waals surface area (Å²) in [4.78, 5) is 11.5. The molecule has 5 heteroatoms. The first kappa shape index (κ1) is 17.6. The molecule has 1 aromatic rings. The predicted octanol–water partition coefficient (Wildman–Crippen LogP) is 0.353. The van der Waals surface area contributed by atoms with Crippen LogP contribution in [0, 0.1) is 0 Å². The zero-order chi connectivity index (χ0) is 15.7. The lowest BCUT2D eigenvalue weighted by atomic mass is 10.1. The highest BCUT2D eigenvalue weighted by molar-refractivity contribution is 5.95. The topological polar surface area (TPSA) is 83.4 Å². The maximum atomic E-state index is 11.5. The van der Waals surface area contributed by atoms with Crippen molar-refractivity contribution in [3.8, 4) is 5.75 Å². The van der Waals surface area contributed by atoms with E-state index in [0.29, 0.717) is 24.3 Å². The molecule has 0 bridgehead atoms. The Morgan fingerprint density at radius 1 is 1.29 bits per heavy atom. The Morgan fingerprint density at radius 2 is 1.95 bits per heavy atom. The number of ether oxygens (including phenoxy) is 1. The number of hydrogen-bond donors (Lipinski definition) is 3. The molecule has 0 aliphatic heterocycles. The number of rotatable bonds is 10. The third-order valence-corrected chi connectivity index (χ3v) is 3.44. The summed E-state index contributed by atoms with van der Waals surface area (Å²) in [6.07, 6.45) is 0.748.